The molecule has 1 heterocycles. The van der Waals surface area contributed by atoms with Crippen molar-refractivity contribution in [3.63, 3.8) is 0 Å². The van der Waals surface area contributed by atoms with Crippen LogP contribution in [0.2, 0.25) is 0 Å². The molecular weight excluding hydrogens is 260 g/mol. The van der Waals surface area contributed by atoms with Gasteiger partial charge in [0.1, 0.15) is 0 Å². The highest BCUT2D eigenvalue weighted by molar-refractivity contribution is 7.59. The minimum absolute atomic E-state index is 0. The van der Waals surface area contributed by atoms with Crippen molar-refractivity contribution in [3.05, 3.63) is 29.8 Å². The van der Waals surface area contributed by atoms with Crippen LogP contribution in [0.1, 0.15) is 25.8 Å². The first kappa shape index (κ1) is 15.6. The third kappa shape index (κ3) is 3.50. The number of carbonyl (C=O) groups is 2. The predicted octanol–water partition coefficient (Wildman–Crippen LogP) is 1.41. The molecule has 0 aromatic heterocycles. The van der Waals surface area contributed by atoms with E-state index in [1.807, 2.05) is 24.3 Å². The molecule has 1 saturated heterocycles. The average molecular weight is 280 g/mol. The lowest BCUT2D eigenvalue weighted by Crippen LogP contribution is -2.57. The number of hydrogen-bond acceptors (Lipinski definition) is 3. The largest absolute Gasteiger partial charge is 0.399 e. The highest BCUT2D eigenvalue weighted by Gasteiger charge is 2.39. The van der Waals surface area contributed by atoms with E-state index < -0.39 is 5.54 Å². The van der Waals surface area contributed by atoms with Gasteiger partial charge in [-0.15, -0.1) is 0 Å². The number of nitrogens with two attached hydrogens (primary N) is 1. The van der Waals surface area contributed by atoms with Crippen molar-refractivity contribution < 1.29 is 9.59 Å². The Bertz CT molecular complexity index is 483. The molecule has 1 atom stereocenters. The Kier molecular flexibility index (Phi) is 4.63. The maximum Gasteiger partial charge on any atom is 0.224 e. The summed E-state index contributed by atoms with van der Waals surface area (Å²) >= 11 is 0. The minimum Gasteiger partial charge on any atom is -0.399 e. The minimum atomic E-state index is -0.727. The number of nitrogen functional groups attached to an aromatic ring is 1. The van der Waals surface area contributed by atoms with Gasteiger partial charge in [-0.3, -0.25) is 9.59 Å². The highest BCUT2D eigenvalue weighted by atomic mass is 32.1. The molecule has 1 fully saturated rings. The van der Waals surface area contributed by atoms with E-state index in [1.54, 1.807) is 13.8 Å². The van der Waals surface area contributed by atoms with E-state index >= 15 is 0 Å². The van der Waals surface area contributed by atoms with Crippen LogP contribution in [0.4, 0.5) is 5.69 Å². The van der Waals surface area contributed by atoms with Crippen LogP contribution in [0.3, 0.4) is 0 Å². The molecular formula is C14H20N2O2S. The summed E-state index contributed by atoms with van der Waals surface area (Å²) in [5.41, 5.74) is 6.61. The molecule has 19 heavy (non-hydrogen) atoms. The van der Waals surface area contributed by atoms with Crippen molar-refractivity contribution in [2.24, 2.45) is 5.92 Å². The number of Topliss-reactive ketones (excluding diaryl/α,β-unsaturated/α-hetero) is 1. The van der Waals surface area contributed by atoms with Crippen molar-refractivity contribution in [1.82, 2.24) is 5.32 Å². The number of hydrogen-bond donors (Lipinski definition) is 2. The van der Waals surface area contributed by atoms with Gasteiger partial charge in [-0.25, -0.2) is 0 Å². The number of ketones is 1. The second-order valence-corrected chi connectivity index (χ2v) is 5.38. The van der Waals surface area contributed by atoms with Gasteiger partial charge in [-0.05, 0) is 38.0 Å². The number of amides is 1. The van der Waals surface area contributed by atoms with Crippen molar-refractivity contribution in [2.45, 2.75) is 32.2 Å². The van der Waals surface area contributed by atoms with Gasteiger partial charge < -0.3 is 11.1 Å². The molecule has 1 aliphatic heterocycles. The van der Waals surface area contributed by atoms with Crippen LogP contribution in [-0.4, -0.2) is 17.2 Å². The van der Waals surface area contributed by atoms with Crippen LogP contribution >= 0.6 is 13.5 Å². The van der Waals surface area contributed by atoms with Gasteiger partial charge in [0.05, 0.1) is 5.54 Å². The first-order valence-electron chi connectivity index (χ1n) is 6.08. The molecule has 0 unspecified atom stereocenters. The summed E-state index contributed by atoms with van der Waals surface area (Å²) in [6, 6.07) is 7.41. The Hall–Kier alpha value is -1.49. The maximum atomic E-state index is 11.9. The van der Waals surface area contributed by atoms with Crippen LogP contribution in [-0.2, 0) is 16.0 Å². The molecule has 0 saturated carbocycles. The second kappa shape index (κ2) is 5.65. The molecule has 4 nitrogen and oxygen atoms in total. The van der Waals surface area contributed by atoms with E-state index in [9.17, 15) is 9.59 Å². The molecule has 3 N–H and O–H groups in total. The molecule has 2 rings (SSSR count). The Morgan fingerprint density at radius 2 is 1.84 bits per heavy atom. The van der Waals surface area contributed by atoms with Gasteiger partial charge in [0.2, 0.25) is 5.91 Å². The van der Waals surface area contributed by atoms with E-state index in [4.69, 9.17) is 5.73 Å². The summed E-state index contributed by atoms with van der Waals surface area (Å²) in [5, 5.41) is 2.77. The Morgan fingerprint density at radius 3 is 2.42 bits per heavy atom. The third-order valence-corrected chi connectivity index (χ3v) is 3.40. The number of anilines is 1. The van der Waals surface area contributed by atoms with E-state index in [0.29, 0.717) is 18.5 Å². The van der Waals surface area contributed by atoms with Crippen LogP contribution in [0, 0.1) is 5.92 Å². The Morgan fingerprint density at radius 1 is 1.26 bits per heavy atom. The number of piperidine rings is 1. The summed E-state index contributed by atoms with van der Waals surface area (Å²) in [7, 11) is 0. The van der Waals surface area contributed by atoms with Gasteiger partial charge in [-0.1, -0.05) is 12.1 Å². The molecule has 0 radical (unpaired) electrons. The maximum absolute atomic E-state index is 11.9. The molecule has 1 aliphatic rings. The fourth-order valence-electron chi connectivity index (χ4n) is 2.15. The highest BCUT2D eigenvalue weighted by Crippen LogP contribution is 2.23. The zero-order chi connectivity index (χ0) is 13.3. The third-order valence-electron chi connectivity index (χ3n) is 3.40. The number of nitrogens with one attached hydrogen (secondary N) is 1. The van der Waals surface area contributed by atoms with E-state index in [0.717, 1.165) is 5.56 Å². The number of benzene rings is 1. The predicted molar refractivity (Wildman–Crippen MR) is 80.3 cm³/mol. The smallest absolute Gasteiger partial charge is 0.224 e. The van der Waals surface area contributed by atoms with Crippen molar-refractivity contribution in [3.8, 4) is 0 Å². The number of carbonyl (C=O) groups excluding carboxylic acids is 2. The fraction of sp³-hybridized carbons (Fsp3) is 0.429. The van der Waals surface area contributed by atoms with Gasteiger partial charge in [0, 0.05) is 18.0 Å². The van der Waals surface area contributed by atoms with Crippen molar-refractivity contribution in [2.75, 3.05) is 5.73 Å². The quantitative estimate of drug-likeness (QED) is 0.805. The molecule has 1 amide bonds. The lowest BCUT2D eigenvalue weighted by atomic mass is 9.82. The lowest BCUT2D eigenvalue weighted by Gasteiger charge is -2.33. The summed E-state index contributed by atoms with van der Waals surface area (Å²) in [6.07, 6.45) is 0.886. The SMILES string of the molecule is CC1(C)NC(=O)[C@H](Cc2ccc(N)cc2)CC1=O.S. The van der Waals surface area contributed by atoms with Gasteiger partial charge >= 0.3 is 0 Å². The van der Waals surface area contributed by atoms with E-state index in [-0.39, 0.29) is 31.1 Å². The fourth-order valence-corrected chi connectivity index (χ4v) is 2.15. The zero-order valence-corrected chi connectivity index (χ0v) is 12.2. The van der Waals surface area contributed by atoms with Gasteiger partial charge in [0.15, 0.2) is 5.78 Å². The monoisotopic (exact) mass is 280 g/mol. The summed E-state index contributed by atoms with van der Waals surface area (Å²) < 4.78 is 0. The van der Waals surface area contributed by atoms with E-state index in [2.05, 4.69) is 5.32 Å². The second-order valence-electron chi connectivity index (χ2n) is 5.38. The molecule has 0 spiro atoms. The van der Waals surface area contributed by atoms with Crippen LogP contribution in [0.25, 0.3) is 0 Å². The first-order chi connectivity index (χ1) is 8.38. The van der Waals surface area contributed by atoms with Gasteiger partial charge in [0.25, 0.3) is 0 Å². The standard InChI is InChI=1S/C14H18N2O2.H2S/c1-14(2)12(17)8-10(13(18)16-14)7-9-3-5-11(15)6-4-9;/h3-6,10H,7-8,15H2,1-2H3,(H,16,18);1H2/t10-;/m1./s1. The summed E-state index contributed by atoms with van der Waals surface area (Å²) in [6.45, 7) is 3.49. The first-order valence-corrected chi connectivity index (χ1v) is 6.08. The molecule has 104 valence electrons. The molecule has 0 aliphatic carbocycles. The van der Waals surface area contributed by atoms with E-state index in [1.165, 1.54) is 0 Å². The lowest BCUT2D eigenvalue weighted by molar-refractivity contribution is -0.140. The normalized spacial score (nSPS) is 21.5. The summed E-state index contributed by atoms with van der Waals surface area (Å²) in [4.78, 5) is 23.8. The Labute approximate surface area is 120 Å². The van der Waals surface area contributed by atoms with Crippen molar-refractivity contribution >= 4 is 30.9 Å². The Balaban J connectivity index is 0.00000180. The molecule has 5 heteroatoms. The van der Waals surface area contributed by atoms with Crippen molar-refractivity contribution in [1.29, 1.82) is 0 Å². The van der Waals surface area contributed by atoms with Crippen LogP contribution in [0.15, 0.2) is 24.3 Å². The zero-order valence-electron chi connectivity index (χ0n) is 11.2. The molecule has 1 aromatic rings. The average Bonchev–Trinajstić information content (AvgIpc) is 2.28. The van der Waals surface area contributed by atoms with Crippen LogP contribution in [0.5, 0.6) is 0 Å². The topological polar surface area (TPSA) is 72.2 Å². The van der Waals surface area contributed by atoms with Crippen LogP contribution < -0.4 is 11.1 Å². The molecule has 0 bridgehead atoms. The number of rotatable bonds is 2. The summed E-state index contributed by atoms with van der Waals surface area (Å²) in [5.74, 6) is -0.229. The molecule has 1 aromatic carbocycles. The van der Waals surface area contributed by atoms with Gasteiger partial charge in [-0.2, -0.15) is 13.5 Å².